The first-order chi connectivity index (χ1) is 13.8. The second-order valence-electron chi connectivity index (χ2n) is 6.73. The third kappa shape index (κ3) is 2.89. The summed E-state index contributed by atoms with van der Waals surface area (Å²) in [4.78, 5) is 9.24. The number of pyridine rings is 2. The van der Waals surface area contributed by atoms with E-state index < -0.39 is 0 Å². The zero-order valence-electron chi connectivity index (χ0n) is 15.1. The van der Waals surface area contributed by atoms with Crippen molar-refractivity contribution in [1.29, 1.82) is 0 Å². The standard InChI is InChI=1S/C23H16IN3S/c1-15-12-17(21-14-27(28-24)23-19(21)8-5-10-26-23)13-20-18(9-11-25-22(15)20)16-6-3-2-4-7-16/h2-14H,1H3. The van der Waals surface area contributed by atoms with Crippen molar-refractivity contribution < 1.29 is 0 Å². The van der Waals surface area contributed by atoms with Crippen molar-refractivity contribution in [2.24, 2.45) is 0 Å². The van der Waals surface area contributed by atoms with E-state index in [0.29, 0.717) is 0 Å². The van der Waals surface area contributed by atoms with Crippen LogP contribution in [0.3, 0.4) is 0 Å². The molecule has 0 unspecified atom stereocenters. The number of hydrogen-bond donors (Lipinski definition) is 0. The number of halogens is 1. The number of aryl methyl sites for hydroxylation is 1. The summed E-state index contributed by atoms with van der Waals surface area (Å²) in [6.07, 6.45) is 5.92. The summed E-state index contributed by atoms with van der Waals surface area (Å²) in [7, 11) is 1.63. The Morgan fingerprint density at radius 3 is 2.50 bits per heavy atom. The van der Waals surface area contributed by atoms with Gasteiger partial charge in [0, 0.05) is 65.3 Å². The van der Waals surface area contributed by atoms with E-state index in [1.165, 1.54) is 33.2 Å². The first-order valence-corrected chi connectivity index (χ1v) is 12.3. The highest BCUT2D eigenvalue weighted by molar-refractivity contribution is 14.2. The number of benzene rings is 2. The highest BCUT2D eigenvalue weighted by Crippen LogP contribution is 2.37. The SMILES string of the molecule is Cc1cc(-c2cn(SI)c3ncccc23)cc2c(-c3ccccc3)ccnc12. The largest absolute Gasteiger partial charge is 0.265 e. The molecule has 3 nitrogen and oxygen atoms in total. The van der Waals surface area contributed by atoms with E-state index in [-0.39, 0.29) is 0 Å². The van der Waals surface area contributed by atoms with Crippen LogP contribution in [0.5, 0.6) is 0 Å². The van der Waals surface area contributed by atoms with Gasteiger partial charge in [0.25, 0.3) is 0 Å². The quantitative estimate of drug-likeness (QED) is 0.252. The number of fused-ring (bicyclic) bond motifs is 2. The van der Waals surface area contributed by atoms with Gasteiger partial charge in [0.05, 0.1) is 5.52 Å². The Kier molecular flexibility index (Phi) is 4.56. The summed E-state index contributed by atoms with van der Waals surface area (Å²) in [5, 5.41) is 2.34. The molecule has 2 aromatic carbocycles. The first kappa shape index (κ1) is 17.7. The fraction of sp³-hybridized carbons (Fsp3) is 0.0435. The molecular formula is C23H16IN3S. The van der Waals surface area contributed by atoms with Crippen molar-refractivity contribution in [3.05, 3.63) is 84.8 Å². The molecular weight excluding hydrogens is 477 g/mol. The summed E-state index contributed by atoms with van der Waals surface area (Å²) in [5.41, 5.74) is 8.02. The second-order valence-corrected chi connectivity index (χ2v) is 8.44. The molecule has 0 spiro atoms. The lowest BCUT2D eigenvalue weighted by Crippen LogP contribution is -1.89. The van der Waals surface area contributed by atoms with Gasteiger partial charge >= 0.3 is 0 Å². The minimum absolute atomic E-state index is 0.990. The lowest BCUT2D eigenvalue weighted by molar-refractivity contribution is 1.27. The van der Waals surface area contributed by atoms with Gasteiger partial charge in [0.2, 0.25) is 0 Å². The van der Waals surface area contributed by atoms with Gasteiger partial charge in [-0.05, 0) is 59.5 Å². The summed E-state index contributed by atoms with van der Waals surface area (Å²) >= 11 is 2.30. The minimum atomic E-state index is 0.990. The van der Waals surface area contributed by atoms with Crippen LogP contribution in [0.2, 0.25) is 0 Å². The van der Waals surface area contributed by atoms with Gasteiger partial charge in [-0.1, -0.05) is 30.3 Å². The van der Waals surface area contributed by atoms with Crippen molar-refractivity contribution >= 4 is 52.3 Å². The highest BCUT2D eigenvalue weighted by atomic mass is 127. The number of rotatable bonds is 3. The molecule has 5 heteroatoms. The Morgan fingerprint density at radius 1 is 0.821 bits per heavy atom. The Labute approximate surface area is 179 Å². The smallest absolute Gasteiger partial charge is 0.151 e. The first-order valence-electron chi connectivity index (χ1n) is 8.96. The van der Waals surface area contributed by atoms with Crippen molar-refractivity contribution in [3.63, 3.8) is 0 Å². The Hall–Kier alpha value is -2.38. The van der Waals surface area contributed by atoms with E-state index in [0.717, 1.165) is 16.6 Å². The second kappa shape index (κ2) is 7.22. The van der Waals surface area contributed by atoms with Gasteiger partial charge in [-0.3, -0.25) is 8.96 Å². The van der Waals surface area contributed by atoms with Crippen LogP contribution >= 0.6 is 30.3 Å². The molecule has 0 bridgehead atoms. The van der Waals surface area contributed by atoms with E-state index in [2.05, 4.69) is 96.8 Å². The lowest BCUT2D eigenvalue weighted by atomic mass is 9.95. The van der Waals surface area contributed by atoms with Crippen LogP contribution in [-0.2, 0) is 0 Å². The van der Waals surface area contributed by atoms with Crippen molar-refractivity contribution in [3.8, 4) is 22.3 Å². The van der Waals surface area contributed by atoms with E-state index in [1.54, 1.807) is 9.12 Å². The van der Waals surface area contributed by atoms with Gasteiger partial charge < -0.3 is 0 Å². The average Bonchev–Trinajstić information content (AvgIpc) is 3.13. The fourth-order valence-electron chi connectivity index (χ4n) is 3.77. The van der Waals surface area contributed by atoms with E-state index >= 15 is 0 Å². The van der Waals surface area contributed by atoms with Gasteiger partial charge in [-0.2, -0.15) is 0 Å². The zero-order chi connectivity index (χ0) is 19.1. The molecule has 0 aliphatic heterocycles. The highest BCUT2D eigenvalue weighted by Gasteiger charge is 2.14. The molecule has 0 radical (unpaired) electrons. The fourth-order valence-corrected chi connectivity index (χ4v) is 5.03. The molecule has 136 valence electrons. The van der Waals surface area contributed by atoms with Crippen LogP contribution in [0, 0.1) is 6.92 Å². The predicted octanol–water partition coefficient (Wildman–Crippen LogP) is 7.07. The Bertz CT molecular complexity index is 1310. The van der Waals surface area contributed by atoms with Crippen LogP contribution in [-0.4, -0.2) is 13.9 Å². The molecule has 0 saturated heterocycles. The molecule has 28 heavy (non-hydrogen) atoms. The summed E-state index contributed by atoms with van der Waals surface area (Å²) in [6, 6.07) is 21.2. The predicted molar refractivity (Wildman–Crippen MR) is 128 cm³/mol. The molecule has 0 aliphatic rings. The molecule has 0 fully saturated rings. The normalized spacial score (nSPS) is 11.4. The van der Waals surface area contributed by atoms with Gasteiger partial charge in [-0.15, -0.1) is 0 Å². The van der Waals surface area contributed by atoms with Gasteiger partial charge in [-0.25, -0.2) is 4.98 Å². The maximum Gasteiger partial charge on any atom is 0.151 e. The molecule has 5 aromatic rings. The third-order valence-electron chi connectivity index (χ3n) is 5.04. The topological polar surface area (TPSA) is 30.7 Å². The number of aromatic nitrogens is 3. The summed E-state index contributed by atoms with van der Waals surface area (Å²) < 4.78 is 2.12. The zero-order valence-corrected chi connectivity index (χ0v) is 18.1. The molecule has 0 atom stereocenters. The van der Waals surface area contributed by atoms with E-state index in [9.17, 15) is 0 Å². The number of nitrogens with zero attached hydrogens (tertiary/aromatic N) is 3. The lowest BCUT2D eigenvalue weighted by Gasteiger charge is -2.11. The summed E-state index contributed by atoms with van der Waals surface area (Å²) in [6.45, 7) is 2.14. The van der Waals surface area contributed by atoms with E-state index in [1.807, 2.05) is 24.5 Å². The third-order valence-corrected chi connectivity index (χ3v) is 6.74. The van der Waals surface area contributed by atoms with Crippen LogP contribution in [0.4, 0.5) is 0 Å². The molecule has 0 aliphatic carbocycles. The molecule has 0 saturated carbocycles. The maximum atomic E-state index is 4.66. The van der Waals surface area contributed by atoms with Crippen molar-refractivity contribution in [1.82, 2.24) is 13.9 Å². The van der Waals surface area contributed by atoms with Crippen LogP contribution in [0.1, 0.15) is 5.56 Å². The summed E-state index contributed by atoms with van der Waals surface area (Å²) in [5.74, 6) is 0. The Morgan fingerprint density at radius 2 is 1.68 bits per heavy atom. The average molecular weight is 493 g/mol. The van der Waals surface area contributed by atoms with Crippen LogP contribution in [0.15, 0.2) is 79.3 Å². The monoisotopic (exact) mass is 493 g/mol. The number of hydrogen-bond acceptors (Lipinski definition) is 3. The van der Waals surface area contributed by atoms with E-state index in [4.69, 9.17) is 0 Å². The molecule has 0 N–H and O–H groups in total. The Balaban J connectivity index is 1.81. The molecule has 5 rings (SSSR count). The van der Waals surface area contributed by atoms with Gasteiger partial charge in [0.1, 0.15) is 0 Å². The molecule has 3 heterocycles. The van der Waals surface area contributed by atoms with Crippen molar-refractivity contribution in [2.45, 2.75) is 6.92 Å². The minimum Gasteiger partial charge on any atom is -0.265 e. The maximum absolute atomic E-state index is 4.66. The van der Waals surface area contributed by atoms with Crippen LogP contribution in [0.25, 0.3) is 44.2 Å². The molecule has 0 amide bonds. The van der Waals surface area contributed by atoms with Gasteiger partial charge in [0.15, 0.2) is 5.65 Å². The van der Waals surface area contributed by atoms with Crippen molar-refractivity contribution in [2.75, 3.05) is 0 Å². The van der Waals surface area contributed by atoms with Crippen LogP contribution < -0.4 is 0 Å². The molecule has 3 aromatic heterocycles.